The molecule has 0 saturated carbocycles. The minimum absolute atomic E-state index is 0.309. The third-order valence-electron chi connectivity index (χ3n) is 2.85. The predicted octanol–water partition coefficient (Wildman–Crippen LogP) is 1.33. The van der Waals surface area contributed by atoms with Crippen LogP contribution in [-0.2, 0) is 4.79 Å². The van der Waals surface area contributed by atoms with Gasteiger partial charge in [-0.3, -0.25) is 4.79 Å². The monoisotopic (exact) mass is 230 g/mol. The highest BCUT2D eigenvalue weighted by atomic mass is 32.2. The van der Waals surface area contributed by atoms with Crippen LogP contribution in [0.5, 0.6) is 0 Å². The first-order valence-corrected chi connectivity index (χ1v) is 6.95. The number of hydrogen-bond donors (Lipinski definition) is 1. The summed E-state index contributed by atoms with van der Waals surface area (Å²) >= 11 is 1.71. The van der Waals surface area contributed by atoms with E-state index in [1.54, 1.807) is 11.8 Å². The largest absolute Gasteiger partial charge is 0.342 e. The van der Waals surface area contributed by atoms with E-state index < -0.39 is 0 Å². The van der Waals surface area contributed by atoms with E-state index >= 15 is 0 Å². The molecule has 1 aliphatic rings. The third kappa shape index (κ3) is 4.89. The Morgan fingerprint density at radius 3 is 2.73 bits per heavy atom. The molecule has 1 amide bonds. The van der Waals surface area contributed by atoms with Gasteiger partial charge in [0, 0.05) is 13.1 Å². The molecule has 0 aromatic rings. The van der Waals surface area contributed by atoms with Crippen molar-refractivity contribution in [2.75, 3.05) is 31.1 Å². The van der Waals surface area contributed by atoms with Crippen molar-refractivity contribution in [1.82, 2.24) is 4.90 Å². The summed E-state index contributed by atoms with van der Waals surface area (Å²) in [6.07, 6.45) is 3.34. The lowest BCUT2D eigenvalue weighted by molar-refractivity contribution is -0.129. The van der Waals surface area contributed by atoms with Crippen LogP contribution < -0.4 is 5.73 Å². The second-order valence-corrected chi connectivity index (χ2v) is 5.36. The summed E-state index contributed by atoms with van der Waals surface area (Å²) in [7, 11) is 0. The molecular weight excluding hydrogens is 208 g/mol. The number of nitrogens with two attached hydrogens (primary N) is 1. The summed E-state index contributed by atoms with van der Waals surface area (Å²) in [6, 6.07) is 0. The Morgan fingerprint density at radius 1 is 1.47 bits per heavy atom. The van der Waals surface area contributed by atoms with Crippen LogP contribution in [0.3, 0.4) is 0 Å². The Hall–Kier alpha value is -0.220. The summed E-state index contributed by atoms with van der Waals surface area (Å²) < 4.78 is 0. The zero-order valence-electron chi connectivity index (χ0n) is 9.58. The van der Waals surface area contributed by atoms with Crippen LogP contribution in [0.15, 0.2) is 0 Å². The Morgan fingerprint density at radius 2 is 2.13 bits per heavy atom. The van der Waals surface area contributed by atoms with Gasteiger partial charge in [0.2, 0.25) is 5.91 Å². The number of carbonyl (C=O) groups is 1. The normalized spacial score (nSPS) is 18.1. The van der Waals surface area contributed by atoms with Crippen LogP contribution in [0.25, 0.3) is 0 Å². The van der Waals surface area contributed by atoms with Gasteiger partial charge in [0.15, 0.2) is 0 Å². The number of rotatable bonds is 5. The second kappa shape index (κ2) is 7.12. The minimum atomic E-state index is 0.309. The van der Waals surface area contributed by atoms with Gasteiger partial charge in [-0.15, -0.1) is 0 Å². The van der Waals surface area contributed by atoms with Gasteiger partial charge in [0.05, 0.1) is 5.75 Å². The molecule has 0 spiro atoms. The molecule has 1 saturated heterocycles. The zero-order chi connectivity index (χ0) is 11.1. The van der Waals surface area contributed by atoms with Crippen molar-refractivity contribution in [3.8, 4) is 0 Å². The summed E-state index contributed by atoms with van der Waals surface area (Å²) in [5.41, 5.74) is 5.39. The molecule has 15 heavy (non-hydrogen) atoms. The first-order valence-electron chi connectivity index (χ1n) is 5.79. The highest BCUT2D eigenvalue weighted by Gasteiger charge is 2.19. The van der Waals surface area contributed by atoms with Crippen molar-refractivity contribution in [3.63, 3.8) is 0 Å². The molecule has 0 aliphatic carbocycles. The van der Waals surface area contributed by atoms with Gasteiger partial charge in [-0.05, 0) is 37.5 Å². The van der Waals surface area contributed by atoms with E-state index in [0.29, 0.717) is 11.7 Å². The fourth-order valence-corrected chi connectivity index (χ4v) is 2.57. The Bertz CT molecular complexity index is 191. The highest BCUT2D eigenvalue weighted by Crippen LogP contribution is 2.17. The van der Waals surface area contributed by atoms with Crippen LogP contribution in [0, 0.1) is 5.92 Å². The van der Waals surface area contributed by atoms with Gasteiger partial charge >= 0.3 is 0 Å². The summed E-state index contributed by atoms with van der Waals surface area (Å²) in [5, 5.41) is 0. The Kier molecular flexibility index (Phi) is 6.10. The lowest BCUT2D eigenvalue weighted by atomic mass is 9.99. The van der Waals surface area contributed by atoms with Crippen LogP contribution in [0.1, 0.15) is 26.2 Å². The number of amides is 1. The number of piperidine rings is 1. The number of carbonyl (C=O) groups excluding carboxylic acids is 1. The van der Waals surface area contributed by atoms with E-state index in [0.717, 1.165) is 37.7 Å². The first-order chi connectivity index (χ1) is 7.24. The smallest absolute Gasteiger partial charge is 0.232 e. The molecule has 0 radical (unpaired) electrons. The molecule has 1 heterocycles. The van der Waals surface area contributed by atoms with Crippen molar-refractivity contribution in [1.29, 1.82) is 0 Å². The molecule has 0 unspecified atom stereocenters. The van der Waals surface area contributed by atoms with Crippen molar-refractivity contribution < 1.29 is 4.79 Å². The van der Waals surface area contributed by atoms with E-state index in [1.165, 1.54) is 12.8 Å². The molecule has 88 valence electrons. The van der Waals surface area contributed by atoms with Gasteiger partial charge in [-0.1, -0.05) is 6.92 Å². The molecule has 0 aromatic carbocycles. The average molecular weight is 230 g/mol. The summed E-state index contributed by atoms with van der Waals surface area (Å²) in [5.74, 6) is 2.74. The first kappa shape index (κ1) is 12.8. The molecule has 4 heteroatoms. The van der Waals surface area contributed by atoms with Gasteiger partial charge in [-0.25, -0.2) is 0 Å². The topological polar surface area (TPSA) is 46.3 Å². The van der Waals surface area contributed by atoms with Crippen LogP contribution in [0.2, 0.25) is 0 Å². The van der Waals surface area contributed by atoms with Crippen molar-refractivity contribution in [2.24, 2.45) is 11.7 Å². The molecule has 2 N–H and O–H groups in total. The van der Waals surface area contributed by atoms with Crippen LogP contribution in [-0.4, -0.2) is 41.9 Å². The number of nitrogens with zero attached hydrogens (tertiary/aromatic N) is 1. The molecule has 3 nitrogen and oxygen atoms in total. The molecule has 0 bridgehead atoms. The van der Waals surface area contributed by atoms with Crippen LogP contribution >= 0.6 is 11.8 Å². The maximum Gasteiger partial charge on any atom is 0.232 e. The fraction of sp³-hybridized carbons (Fsp3) is 0.909. The molecule has 1 rings (SSSR count). The predicted molar refractivity (Wildman–Crippen MR) is 66.0 cm³/mol. The molecule has 0 aromatic heterocycles. The quantitative estimate of drug-likeness (QED) is 0.725. The highest BCUT2D eigenvalue weighted by molar-refractivity contribution is 7.99. The zero-order valence-corrected chi connectivity index (χ0v) is 10.4. The SMILES string of the molecule is CC1CCN(C(=O)CSCCCN)CC1. The van der Waals surface area contributed by atoms with Gasteiger partial charge in [-0.2, -0.15) is 11.8 Å². The fourth-order valence-electron chi connectivity index (χ4n) is 1.69. The Labute approximate surface area is 96.8 Å². The second-order valence-electron chi connectivity index (χ2n) is 4.26. The number of thioether (sulfide) groups is 1. The summed E-state index contributed by atoms with van der Waals surface area (Å²) in [6.45, 7) is 4.90. The maximum absolute atomic E-state index is 11.7. The molecular formula is C11H22N2OS. The molecule has 1 aliphatic heterocycles. The van der Waals surface area contributed by atoms with Crippen molar-refractivity contribution in [3.05, 3.63) is 0 Å². The van der Waals surface area contributed by atoms with Crippen molar-refractivity contribution in [2.45, 2.75) is 26.2 Å². The van der Waals surface area contributed by atoms with Crippen LogP contribution in [0.4, 0.5) is 0 Å². The van der Waals surface area contributed by atoms with E-state index in [2.05, 4.69) is 6.92 Å². The van der Waals surface area contributed by atoms with E-state index in [9.17, 15) is 4.79 Å². The van der Waals surface area contributed by atoms with Gasteiger partial charge < -0.3 is 10.6 Å². The van der Waals surface area contributed by atoms with E-state index in [-0.39, 0.29) is 0 Å². The Balaban J connectivity index is 2.11. The molecule has 1 fully saturated rings. The summed E-state index contributed by atoms with van der Waals surface area (Å²) in [4.78, 5) is 13.8. The third-order valence-corrected chi connectivity index (χ3v) is 3.88. The van der Waals surface area contributed by atoms with Gasteiger partial charge in [0.1, 0.15) is 0 Å². The average Bonchev–Trinajstić information content (AvgIpc) is 2.25. The number of likely N-dealkylation sites (tertiary alicyclic amines) is 1. The van der Waals surface area contributed by atoms with Gasteiger partial charge in [0.25, 0.3) is 0 Å². The lowest BCUT2D eigenvalue weighted by Crippen LogP contribution is -2.38. The lowest BCUT2D eigenvalue weighted by Gasteiger charge is -2.30. The van der Waals surface area contributed by atoms with E-state index in [1.807, 2.05) is 4.90 Å². The van der Waals surface area contributed by atoms with Crippen molar-refractivity contribution >= 4 is 17.7 Å². The minimum Gasteiger partial charge on any atom is -0.342 e. The molecule has 0 atom stereocenters. The number of hydrogen-bond acceptors (Lipinski definition) is 3. The standard InChI is InChI=1S/C11H22N2OS/c1-10-3-6-13(7-4-10)11(14)9-15-8-2-5-12/h10H,2-9,12H2,1H3. The van der Waals surface area contributed by atoms with E-state index in [4.69, 9.17) is 5.73 Å². The maximum atomic E-state index is 11.7.